The number of ether oxygens (including phenoxy) is 5. The van der Waals surface area contributed by atoms with E-state index in [1.54, 1.807) is 20.4 Å². The third-order valence-corrected chi connectivity index (χ3v) is 19.2. The SMILES string of the molecule is COc1ccc(C(OC[C@H]2O[C@@H](Cc3cn(COC(=O)C(C)(C)C)nn3)[C@H](O[Si](C)(C)C(C)(C)C)[C@@H]2OP(CCC#N)N(C(C)C)C(C)C)(c2ccccc2)c2ccc(OC)cc2)cc1. The van der Waals surface area contributed by atoms with Crippen molar-refractivity contribution < 1.29 is 37.4 Å². The lowest BCUT2D eigenvalue weighted by molar-refractivity contribution is -0.157. The van der Waals surface area contributed by atoms with Crippen LogP contribution in [0.1, 0.15) is 98.0 Å². The molecule has 4 aromatic rings. The number of methoxy groups -OCH3 is 2. The molecule has 5 atom stereocenters. The predicted octanol–water partition coefficient (Wildman–Crippen LogP) is 10.3. The third-order valence-electron chi connectivity index (χ3n) is 12.2. The number of aromatic nitrogens is 3. The molecule has 1 aliphatic heterocycles. The van der Waals surface area contributed by atoms with E-state index in [4.69, 9.17) is 32.6 Å². The van der Waals surface area contributed by atoms with Gasteiger partial charge in [0.05, 0.1) is 50.3 Å². The molecule has 0 N–H and O–H groups in total. The van der Waals surface area contributed by atoms with E-state index in [9.17, 15) is 10.1 Å². The first-order chi connectivity index (χ1) is 30.6. The fourth-order valence-corrected chi connectivity index (χ4v) is 11.5. The summed E-state index contributed by atoms with van der Waals surface area (Å²) in [6.07, 6.45) is 0.701. The summed E-state index contributed by atoms with van der Waals surface area (Å²) in [7, 11) is -0.509. The van der Waals surface area contributed by atoms with Crippen LogP contribution in [0.3, 0.4) is 0 Å². The van der Waals surface area contributed by atoms with Crippen LogP contribution in [0.2, 0.25) is 18.1 Å². The molecule has 0 spiro atoms. The highest BCUT2D eigenvalue weighted by Crippen LogP contribution is 2.51. The summed E-state index contributed by atoms with van der Waals surface area (Å²) in [5.74, 6) is 1.11. The van der Waals surface area contributed by atoms with Crippen LogP contribution in [-0.4, -0.2) is 97.4 Å². The number of rotatable bonds is 21. The van der Waals surface area contributed by atoms with Crippen LogP contribution in [0.15, 0.2) is 85.1 Å². The fraction of sp³-hybridized carbons (Fsp3) is 0.560. The molecule has 3 aromatic carbocycles. The summed E-state index contributed by atoms with van der Waals surface area (Å²) in [5.41, 5.74) is 1.57. The Morgan fingerprint density at radius 1 is 0.846 bits per heavy atom. The monoisotopic (exact) mass is 929 g/mol. The Labute approximate surface area is 390 Å². The van der Waals surface area contributed by atoms with Crippen molar-refractivity contribution in [1.29, 1.82) is 5.26 Å². The van der Waals surface area contributed by atoms with E-state index in [0.717, 1.165) is 28.2 Å². The minimum atomic E-state index is -2.50. The first-order valence-corrected chi connectivity index (χ1v) is 26.9. The van der Waals surface area contributed by atoms with Crippen molar-refractivity contribution in [3.8, 4) is 17.6 Å². The summed E-state index contributed by atoms with van der Waals surface area (Å²) >= 11 is 0. The molecule has 13 nitrogen and oxygen atoms in total. The van der Waals surface area contributed by atoms with Crippen molar-refractivity contribution in [1.82, 2.24) is 19.7 Å². The molecule has 1 fully saturated rings. The van der Waals surface area contributed by atoms with E-state index in [0.29, 0.717) is 24.7 Å². The molecule has 0 amide bonds. The topological polar surface area (TPSA) is 139 Å². The highest BCUT2D eigenvalue weighted by Gasteiger charge is 2.53. The molecule has 65 heavy (non-hydrogen) atoms. The van der Waals surface area contributed by atoms with Gasteiger partial charge in [0.15, 0.2) is 15.0 Å². The Morgan fingerprint density at radius 3 is 1.89 bits per heavy atom. The van der Waals surface area contributed by atoms with Crippen LogP contribution < -0.4 is 9.47 Å². The third kappa shape index (κ3) is 12.6. The quantitative estimate of drug-likeness (QED) is 0.0340. The summed E-state index contributed by atoms with van der Waals surface area (Å²) in [4.78, 5) is 12.6. The van der Waals surface area contributed by atoms with Gasteiger partial charge < -0.3 is 32.6 Å². The zero-order valence-electron chi connectivity index (χ0n) is 41.0. The van der Waals surface area contributed by atoms with Crippen LogP contribution in [0.25, 0.3) is 0 Å². The smallest absolute Gasteiger partial charge is 0.313 e. The van der Waals surface area contributed by atoms with E-state index in [-0.39, 0.29) is 36.4 Å². The molecule has 0 radical (unpaired) electrons. The second-order valence-electron chi connectivity index (χ2n) is 19.8. The highest BCUT2D eigenvalue weighted by molar-refractivity contribution is 7.50. The molecule has 1 aliphatic rings. The van der Waals surface area contributed by atoms with Gasteiger partial charge in [0.2, 0.25) is 0 Å². The van der Waals surface area contributed by atoms with Gasteiger partial charge in [-0.1, -0.05) is 80.6 Å². The van der Waals surface area contributed by atoms with Crippen LogP contribution in [0.5, 0.6) is 11.5 Å². The number of carbonyl (C=O) groups is 1. The molecule has 1 unspecified atom stereocenters. The molecule has 0 aliphatic carbocycles. The normalized spacial score (nSPS) is 18.8. The van der Waals surface area contributed by atoms with Crippen LogP contribution in [0.4, 0.5) is 0 Å². The van der Waals surface area contributed by atoms with E-state index in [1.165, 1.54) is 4.68 Å². The summed E-state index contributed by atoms with van der Waals surface area (Å²) in [6.45, 7) is 25.3. The second-order valence-corrected chi connectivity index (χ2v) is 26.3. The first kappa shape index (κ1) is 51.8. The standard InChI is InChI=1S/C50H72N5O8PSi/c1-35(2)55(36(3)4)64(30-18-29-51)62-45-44(61-43(46(45)63-65(13,14)49(8,9)10)31-40-32-54(53-52-40)34-59-47(56)48(5,6)7)33-60-50(37-19-16-15-17-20-37,38-21-25-41(57-11)26-22-38)39-23-27-42(58-12)28-24-39/h15-17,19-28,32,35-36,43-46H,18,30-31,33-34H2,1-14H3/t43-,44+,45+,46-,64?/m0/s1. The molecule has 2 heterocycles. The molecule has 354 valence electrons. The highest BCUT2D eigenvalue weighted by atomic mass is 31.2. The van der Waals surface area contributed by atoms with Gasteiger partial charge in [0.25, 0.3) is 0 Å². The molecule has 1 aromatic heterocycles. The number of benzene rings is 3. The van der Waals surface area contributed by atoms with E-state index in [2.05, 4.69) is 94.7 Å². The zero-order valence-corrected chi connectivity index (χ0v) is 42.9. The second kappa shape index (κ2) is 22.1. The lowest BCUT2D eigenvalue weighted by Gasteiger charge is -2.43. The Hall–Kier alpha value is -4.19. The molecule has 5 rings (SSSR count). The van der Waals surface area contributed by atoms with Gasteiger partial charge in [0.1, 0.15) is 43.7 Å². The number of esters is 1. The maximum absolute atomic E-state index is 12.6. The summed E-state index contributed by atoms with van der Waals surface area (Å²) in [6, 6.07) is 28.8. The largest absolute Gasteiger partial charge is 0.497 e. The maximum atomic E-state index is 12.6. The van der Waals surface area contributed by atoms with Crippen molar-refractivity contribution in [3.05, 3.63) is 107 Å². The van der Waals surface area contributed by atoms with Gasteiger partial charge in [-0.25, -0.2) is 4.68 Å². The van der Waals surface area contributed by atoms with Gasteiger partial charge in [-0.05, 0) is 108 Å². The van der Waals surface area contributed by atoms with Gasteiger partial charge in [-0.3, -0.25) is 9.46 Å². The summed E-state index contributed by atoms with van der Waals surface area (Å²) in [5, 5.41) is 18.6. The molecule has 0 saturated carbocycles. The minimum Gasteiger partial charge on any atom is -0.497 e. The molecular weight excluding hydrogens is 858 g/mol. The molecular formula is C50H72N5O8PSi. The van der Waals surface area contributed by atoms with E-state index >= 15 is 0 Å². The zero-order chi connectivity index (χ0) is 47.7. The lowest BCUT2D eigenvalue weighted by Crippen LogP contribution is -2.51. The average molecular weight is 930 g/mol. The Bertz CT molecular complexity index is 2090. The lowest BCUT2D eigenvalue weighted by atomic mass is 9.80. The van der Waals surface area contributed by atoms with Crippen molar-refractivity contribution in [2.24, 2.45) is 5.41 Å². The average Bonchev–Trinajstić information content (AvgIpc) is 3.84. The van der Waals surface area contributed by atoms with Gasteiger partial charge in [-0.15, -0.1) is 5.10 Å². The van der Waals surface area contributed by atoms with Crippen molar-refractivity contribution >= 4 is 22.6 Å². The van der Waals surface area contributed by atoms with E-state index in [1.807, 2.05) is 87.5 Å². The molecule has 1 saturated heterocycles. The number of hydrogen-bond donors (Lipinski definition) is 0. The number of hydrogen-bond acceptors (Lipinski definition) is 12. The van der Waals surface area contributed by atoms with Crippen LogP contribution in [-0.2, 0) is 46.7 Å². The Kier molecular flexibility index (Phi) is 17.6. The Balaban J connectivity index is 1.66. The van der Waals surface area contributed by atoms with Crippen LogP contribution in [0, 0.1) is 16.7 Å². The maximum Gasteiger partial charge on any atom is 0.313 e. The van der Waals surface area contributed by atoms with Crippen molar-refractivity contribution in [3.63, 3.8) is 0 Å². The fourth-order valence-electron chi connectivity index (χ4n) is 7.83. The van der Waals surface area contributed by atoms with Gasteiger partial charge in [-0.2, -0.15) is 5.26 Å². The van der Waals surface area contributed by atoms with Crippen LogP contribution >= 0.6 is 8.30 Å². The van der Waals surface area contributed by atoms with Gasteiger partial charge in [0, 0.05) is 31.1 Å². The number of nitrogens with zero attached hydrogens (tertiary/aromatic N) is 5. The molecule has 0 bridgehead atoms. The predicted molar refractivity (Wildman–Crippen MR) is 257 cm³/mol. The van der Waals surface area contributed by atoms with Gasteiger partial charge >= 0.3 is 5.97 Å². The number of carbonyl (C=O) groups excluding carboxylic acids is 1. The minimum absolute atomic E-state index is 0.0670. The summed E-state index contributed by atoms with van der Waals surface area (Å²) < 4.78 is 50.4. The Morgan fingerprint density at radius 2 is 1.40 bits per heavy atom. The first-order valence-electron chi connectivity index (χ1n) is 22.6. The van der Waals surface area contributed by atoms with Crippen molar-refractivity contribution in [2.45, 2.75) is 149 Å². The molecule has 15 heteroatoms. The van der Waals surface area contributed by atoms with Crippen molar-refractivity contribution in [2.75, 3.05) is 27.0 Å². The number of nitriles is 1. The van der Waals surface area contributed by atoms with E-state index < -0.39 is 52.0 Å².